The summed E-state index contributed by atoms with van der Waals surface area (Å²) < 4.78 is 18.1. The van der Waals surface area contributed by atoms with Crippen molar-refractivity contribution in [2.75, 3.05) is 31.5 Å². The lowest BCUT2D eigenvalue weighted by Gasteiger charge is -2.33. The molecule has 0 aliphatic carbocycles. The minimum Gasteiger partial charge on any atom is -0.459 e. The number of halogens is 1. The van der Waals surface area contributed by atoms with Crippen LogP contribution in [0.15, 0.2) is 47.1 Å². The van der Waals surface area contributed by atoms with Gasteiger partial charge in [0, 0.05) is 31.9 Å². The van der Waals surface area contributed by atoms with E-state index in [-0.39, 0.29) is 22.6 Å². The molecule has 1 aromatic carbocycles. The quantitative estimate of drug-likeness (QED) is 0.688. The van der Waals surface area contributed by atoms with E-state index in [2.05, 4.69) is 20.4 Å². The van der Waals surface area contributed by atoms with Gasteiger partial charge in [0.25, 0.3) is 11.8 Å². The molecule has 29 heavy (non-hydrogen) atoms. The van der Waals surface area contributed by atoms with Crippen LogP contribution in [0.5, 0.6) is 0 Å². The molecule has 0 radical (unpaired) electrons. The van der Waals surface area contributed by atoms with Gasteiger partial charge in [-0.15, -0.1) is 10.2 Å². The molecule has 8 nitrogen and oxygen atoms in total. The van der Waals surface area contributed by atoms with Crippen molar-refractivity contribution >= 4 is 28.8 Å². The van der Waals surface area contributed by atoms with Gasteiger partial charge in [-0.05, 0) is 36.4 Å². The maximum absolute atomic E-state index is 12.9. The third-order valence-corrected chi connectivity index (χ3v) is 5.42. The van der Waals surface area contributed by atoms with Crippen molar-refractivity contribution in [2.45, 2.75) is 6.54 Å². The number of hydrogen-bond donors (Lipinski definition) is 1. The highest BCUT2D eigenvalue weighted by Crippen LogP contribution is 2.17. The van der Waals surface area contributed by atoms with E-state index in [4.69, 9.17) is 4.42 Å². The van der Waals surface area contributed by atoms with E-state index < -0.39 is 0 Å². The summed E-state index contributed by atoms with van der Waals surface area (Å²) >= 11 is 1.22. The molecule has 1 fully saturated rings. The number of anilines is 1. The topological polar surface area (TPSA) is 91.6 Å². The molecule has 150 valence electrons. The molecule has 1 saturated heterocycles. The Balaban J connectivity index is 1.29. The maximum atomic E-state index is 12.9. The smallest absolute Gasteiger partial charge is 0.289 e. The summed E-state index contributed by atoms with van der Waals surface area (Å²) in [6, 6.07) is 8.88. The van der Waals surface area contributed by atoms with Crippen LogP contribution in [0.3, 0.4) is 0 Å². The lowest BCUT2D eigenvalue weighted by atomic mass is 10.3. The Bertz CT molecular complexity index is 982. The van der Waals surface area contributed by atoms with Gasteiger partial charge in [0.15, 0.2) is 5.76 Å². The fraction of sp³-hybridized carbons (Fsp3) is 0.263. The molecule has 2 amide bonds. The third-order valence-electron chi connectivity index (χ3n) is 4.51. The predicted octanol–water partition coefficient (Wildman–Crippen LogP) is 2.48. The summed E-state index contributed by atoms with van der Waals surface area (Å²) in [5.41, 5.74) is 0.491. The first kappa shape index (κ1) is 19.2. The lowest BCUT2D eigenvalue weighted by Crippen LogP contribution is -2.48. The van der Waals surface area contributed by atoms with Gasteiger partial charge >= 0.3 is 0 Å². The average Bonchev–Trinajstić information content (AvgIpc) is 3.42. The number of nitrogens with one attached hydrogen (secondary N) is 1. The molecule has 3 aromatic rings. The van der Waals surface area contributed by atoms with Gasteiger partial charge in [-0.3, -0.25) is 14.5 Å². The number of hydrogen-bond acceptors (Lipinski definition) is 7. The van der Waals surface area contributed by atoms with E-state index in [1.807, 2.05) is 0 Å². The zero-order valence-corrected chi connectivity index (χ0v) is 16.2. The van der Waals surface area contributed by atoms with E-state index in [1.54, 1.807) is 17.0 Å². The summed E-state index contributed by atoms with van der Waals surface area (Å²) in [6.45, 7) is 3.14. The number of carbonyl (C=O) groups is 2. The van der Waals surface area contributed by atoms with Crippen LogP contribution in [0.4, 0.5) is 10.1 Å². The zero-order chi connectivity index (χ0) is 20.2. The first-order chi connectivity index (χ1) is 14.1. The van der Waals surface area contributed by atoms with Gasteiger partial charge in [0.05, 0.1) is 12.8 Å². The molecule has 0 atom stereocenters. The summed E-state index contributed by atoms with van der Waals surface area (Å²) in [4.78, 5) is 28.5. The molecule has 0 unspecified atom stereocenters. The Morgan fingerprint density at radius 2 is 1.86 bits per heavy atom. The van der Waals surface area contributed by atoms with Crippen LogP contribution in [-0.2, 0) is 6.54 Å². The summed E-state index contributed by atoms with van der Waals surface area (Å²) in [5.74, 6) is -0.508. The van der Waals surface area contributed by atoms with Crippen LogP contribution < -0.4 is 5.32 Å². The van der Waals surface area contributed by atoms with Crippen molar-refractivity contribution in [3.63, 3.8) is 0 Å². The number of benzene rings is 1. The minimum atomic E-state index is -0.380. The van der Waals surface area contributed by atoms with Crippen LogP contribution in [0.1, 0.15) is 25.4 Å². The largest absolute Gasteiger partial charge is 0.459 e. The fourth-order valence-electron chi connectivity index (χ4n) is 2.98. The van der Waals surface area contributed by atoms with Crippen LogP contribution >= 0.6 is 11.3 Å². The zero-order valence-electron chi connectivity index (χ0n) is 15.4. The van der Waals surface area contributed by atoms with E-state index in [9.17, 15) is 14.0 Å². The minimum absolute atomic E-state index is 0.106. The van der Waals surface area contributed by atoms with Gasteiger partial charge in [-0.1, -0.05) is 11.3 Å². The molecule has 2 aromatic heterocycles. The average molecular weight is 415 g/mol. The van der Waals surface area contributed by atoms with Gasteiger partial charge in [0.2, 0.25) is 5.01 Å². The molecule has 0 bridgehead atoms. The van der Waals surface area contributed by atoms with Crippen molar-refractivity contribution in [3.8, 4) is 0 Å². The highest BCUT2D eigenvalue weighted by molar-refractivity contribution is 7.13. The molecule has 4 rings (SSSR count). The highest BCUT2D eigenvalue weighted by atomic mass is 32.1. The van der Waals surface area contributed by atoms with E-state index in [1.165, 1.54) is 41.9 Å². The molecule has 0 saturated carbocycles. The van der Waals surface area contributed by atoms with Crippen molar-refractivity contribution < 1.29 is 18.4 Å². The van der Waals surface area contributed by atoms with Gasteiger partial charge in [-0.2, -0.15) is 0 Å². The first-order valence-electron chi connectivity index (χ1n) is 9.03. The second-order valence-electron chi connectivity index (χ2n) is 6.51. The van der Waals surface area contributed by atoms with Crippen LogP contribution in [-0.4, -0.2) is 58.0 Å². The Morgan fingerprint density at radius 3 is 2.55 bits per heavy atom. The second kappa shape index (κ2) is 8.50. The molecule has 3 heterocycles. The van der Waals surface area contributed by atoms with Gasteiger partial charge in [-0.25, -0.2) is 4.39 Å². The van der Waals surface area contributed by atoms with E-state index in [0.717, 1.165) is 5.01 Å². The first-order valence-corrected chi connectivity index (χ1v) is 9.84. The molecule has 1 N–H and O–H groups in total. The number of furan rings is 1. The van der Waals surface area contributed by atoms with Crippen LogP contribution in [0.2, 0.25) is 0 Å². The number of nitrogens with zero attached hydrogens (tertiary/aromatic N) is 4. The number of aromatic nitrogens is 2. The standard InChI is InChI=1S/C19H18FN5O3S/c20-13-3-5-14(6-4-13)21-17(26)18-23-22-16(29-18)12-24-7-9-25(10-8-24)19(27)15-2-1-11-28-15/h1-6,11H,7-10,12H2,(H,21,26). The molecule has 1 aliphatic rings. The molecule has 0 spiro atoms. The Hall–Kier alpha value is -3.11. The molecule has 1 aliphatic heterocycles. The maximum Gasteiger partial charge on any atom is 0.289 e. The number of amides is 2. The number of rotatable bonds is 5. The predicted molar refractivity (Wildman–Crippen MR) is 104 cm³/mol. The highest BCUT2D eigenvalue weighted by Gasteiger charge is 2.24. The SMILES string of the molecule is O=C(Nc1ccc(F)cc1)c1nnc(CN2CCN(C(=O)c3ccco3)CC2)s1. The van der Waals surface area contributed by atoms with Crippen LogP contribution in [0, 0.1) is 5.82 Å². The fourth-order valence-corrected chi connectivity index (χ4v) is 3.76. The Morgan fingerprint density at radius 1 is 1.10 bits per heavy atom. The van der Waals surface area contributed by atoms with E-state index in [0.29, 0.717) is 44.2 Å². The second-order valence-corrected chi connectivity index (χ2v) is 7.57. The van der Waals surface area contributed by atoms with E-state index >= 15 is 0 Å². The number of piperazine rings is 1. The van der Waals surface area contributed by atoms with Gasteiger partial charge in [0.1, 0.15) is 10.8 Å². The van der Waals surface area contributed by atoms with Crippen molar-refractivity contribution in [1.82, 2.24) is 20.0 Å². The molecule has 10 heteroatoms. The third kappa shape index (κ3) is 4.66. The molecular formula is C19H18FN5O3S. The normalized spacial score (nSPS) is 14.7. The summed E-state index contributed by atoms with van der Waals surface area (Å²) in [7, 11) is 0. The van der Waals surface area contributed by atoms with Crippen molar-refractivity contribution in [1.29, 1.82) is 0 Å². The Labute approximate surface area is 169 Å². The lowest BCUT2D eigenvalue weighted by molar-refractivity contribution is 0.0597. The van der Waals surface area contributed by atoms with Crippen molar-refractivity contribution in [2.24, 2.45) is 0 Å². The monoisotopic (exact) mass is 415 g/mol. The van der Waals surface area contributed by atoms with Crippen LogP contribution in [0.25, 0.3) is 0 Å². The number of carbonyl (C=O) groups excluding carboxylic acids is 2. The van der Waals surface area contributed by atoms with Crippen molar-refractivity contribution in [3.05, 3.63) is 64.3 Å². The summed E-state index contributed by atoms with van der Waals surface area (Å²) in [5, 5.41) is 11.7. The van der Waals surface area contributed by atoms with Gasteiger partial charge < -0.3 is 14.6 Å². The Kier molecular flexibility index (Phi) is 5.63. The summed E-state index contributed by atoms with van der Waals surface area (Å²) in [6.07, 6.45) is 1.49. The molecular weight excluding hydrogens is 397 g/mol.